The summed E-state index contributed by atoms with van der Waals surface area (Å²) in [7, 11) is 1.59. The maximum Gasteiger partial charge on any atom is 0.271 e. The van der Waals surface area contributed by atoms with E-state index in [0.717, 1.165) is 11.1 Å². The molecule has 0 spiro atoms. The number of Topliss-reactive ketones (excluding diaryl/α,β-unsaturated/α-hetero) is 1. The van der Waals surface area contributed by atoms with Gasteiger partial charge in [-0.3, -0.25) is 14.2 Å². The Labute approximate surface area is 220 Å². The minimum absolute atomic E-state index is 0.136. The Hall–Kier alpha value is -3.39. The summed E-state index contributed by atoms with van der Waals surface area (Å²) in [5.41, 5.74) is 2.39. The molecule has 9 heteroatoms. The first-order valence-corrected chi connectivity index (χ1v) is 12.6. The Morgan fingerprint density at radius 3 is 2.53 bits per heavy atom. The van der Waals surface area contributed by atoms with Crippen LogP contribution in [0.3, 0.4) is 0 Å². The van der Waals surface area contributed by atoms with Crippen LogP contribution < -0.4 is 19.6 Å². The minimum Gasteiger partial charge on any atom is -0.497 e. The molecule has 0 unspecified atom stereocenters. The molecule has 0 amide bonds. The monoisotopic (exact) mass is 538 g/mol. The van der Waals surface area contributed by atoms with Crippen molar-refractivity contribution in [3.63, 3.8) is 0 Å². The van der Waals surface area contributed by atoms with E-state index in [4.69, 9.17) is 32.4 Å². The first-order valence-electron chi connectivity index (χ1n) is 11.0. The average molecular weight is 539 g/mol. The maximum atomic E-state index is 13.6. The van der Waals surface area contributed by atoms with Gasteiger partial charge in [-0.1, -0.05) is 46.7 Å². The predicted molar refractivity (Wildman–Crippen MR) is 142 cm³/mol. The molecule has 0 fully saturated rings. The lowest BCUT2D eigenvalue weighted by molar-refractivity contribution is -0.114. The van der Waals surface area contributed by atoms with Crippen molar-refractivity contribution in [2.24, 2.45) is 4.99 Å². The molecule has 182 valence electrons. The van der Waals surface area contributed by atoms with Crippen LogP contribution in [-0.2, 0) is 4.79 Å². The zero-order chi connectivity index (χ0) is 25.6. The highest BCUT2D eigenvalue weighted by molar-refractivity contribution is 7.07. The fraction of sp³-hybridized carbons (Fsp3) is 0.148. The van der Waals surface area contributed by atoms with Crippen molar-refractivity contribution in [3.8, 4) is 17.1 Å². The number of methoxy groups -OCH3 is 1. The van der Waals surface area contributed by atoms with E-state index in [0.29, 0.717) is 47.9 Å². The van der Waals surface area contributed by atoms with Crippen LogP contribution in [-0.4, -0.2) is 17.5 Å². The van der Waals surface area contributed by atoms with Crippen molar-refractivity contribution < 1.29 is 13.9 Å². The Morgan fingerprint density at radius 2 is 1.86 bits per heavy atom. The molecule has 6 nitrogen and oxygen atoms in total. The molecular weight excluding hydrogens is 519 g/mol. The molecule has 0 N–H and O–H groups in total. The highest BCUT2D eigenvalue weighted by Gasteiger charge is 2.30. The number of aromatic nitrogens is 1. The van der Waals surface area contributed by atoms with Crippen molar-refractivity contribution in [2.45, 2.75) is 19.9 Å². The van der Waals surface area contributed by atoms with Crippen LogP contribution >= 0.6 is 34.5 Å². The van der Waals surface area contributed by atoms with Gasteiger partial charge in [-0.15, -0.1) is 0 Å². The van der Waals surface area contributed by atoms with Crippen molar-refractivity contribution in [1.29, 1.82) is 0 Å². The zero-order valence-electron chi connectivity index (χ0n) is 19.5. The highest BCUT2D eigenvalue weighted by Crippen LogP contribution is 2.32. The van der Waals surface area contributed by atoms with Gasteiger partial charge >= 0.3 is 0 Å². The zero-order valence-corrected chi connectivity index (χ0v) is 21.9. The van der Waals surface area contributed by atoms with Gasteiger partial charge in [0.2, 0.25) is 0 Å². The van der Waals surface area contributed by atoms with Gasteiger partial charge in [0, 0.05) is 22.9 Å². The molecule has 36 heavy (non-hydrogen) atoms. The number of benzene rings is 2. The molecule has 0 bridgehead atoms. The third-order valence-electron chi connectivity index (χ3n) is 5.94. The summed E-state index contributed by atoms with van der Waals surface area (Å²) >= 11 is 13.4. The van der Waals surface area contributed by atoms with Gasteiger partial charge < -0.3 is 9.15 Å². The van der Waals surface area contributed by atoms with E-state index in [1.165, 1.54) is 18.3 Å². The lowest BCUT2D eigenvalue weighted by Gasteiger charge is -2.24. The number of rotatable bonds is 5. The van der Waals surface area contributed by atoms with Crippen LogP contribution in [0.1, 0.15) is 31.2 Å². The third kappa shape index (κ3) is 4.34. The van der Waals surface area contributed by atoms with E-state index >= 15 is 0 Å². The van der Waals surface area contributed by atoms with E-state index in [1.807, 2.05) is 30.3 Å². The van der Waals surface area contributed by atoms with Gasteiger partial charge in [0.1, 0.15) is 17.3 Å². The van der Waals surface area contributed by atoms with E-state index in [2.05, 4.69) is 4.99 Å². The Bertz CT molecular complexity index is 1710. The summed E-state index contributed by atoms with van der Waals surface area (Å²) in [6, 6.07) is 15.6. The molecule has 2 aromatic heterocycles. The van der Waals surface area contributed by atoms with Crippen LogP contribution in [0, 0.1) is 0 Å². The van der Waals surface area contributed by atoms with Gasteiger partial charge in [0.15, 0.2) is 10.6 Å². The molecule has 5 rings (SSSR count). The van der Waals surface area contributed by atoms with Gasteiger partial charge in [-0.05, 0) is 61.9 Å². The van der Waals surface area contributed by atoms with Crippen LogP contribution in [0.5, 0.6) is 5.75 Å². The second-order valence-corrected chi connectivity index (χ2v) is 10.1. The topological polar surface area (TPSA) is 73.8 Å². The predicted octanol–water partition coefficient (Wildman–Crippen LogP) is 5.40. The van der Waals surface area contributed by atoms with Gasteiger partial charge in [0.05, 0.1) is 27.7 Å². The number of carbonyl (C=O) groups is 1. The number of hydrogen-bond donors (Lipinski definition) is 0. The highest BCUT2D eigenvalue weighted by atomic mass is 35.5. The summed E-state index contributed by atoms with van der Waals surface area (Å²) in [6.07, 6.45) is 1.68. The first-order chi connectivity index (χ1) is 17.3. The summed E-state index contributed by atoms with van der Waals surface area (Å²) in [5.74, 6) is 1.65. The number of nitrogens with zero attached hydrogens (tertiary/aromatic N) is 2. The molecule has 1 atom stereocenters. The first kappa shape index (κ1) is 24.3. The SMILES string of the molecule is COc1ccc([C@@H]2C(C(C)=O)=C(C)N=c3s/c(=C/c4ccc(-c5ccc(Cl)c(Cl)c5)o4)c(=O)n32)cc1. The smallest absolute Gasteiger partial charge is 0.271 e. The molecule has 4 aromatic rings. The summed E-state index contributed by atoms with van der Waals surface area (Å²) in [6.45, 7) is 3.29. The van der Waals surface area contributed by atoms with Crippen molar-refractivity contribution in [2.75, 3.05) is 7.11 Å². The van der Waals surface area contributed by atoms with Crippen molar-refractivity contribution in [3.05, 3.63) is 107 Å². The van der Waals surface area contributed by atoms with E-state index in [1.54, 1.807) is 48.9 Å². The van der Waals surface area contributed by atoms with E-state index < -0.39 is 6.04 Å². The summed E-state index contributed by atoms with van der Waals surface area (Å²) in [5, 5.41) is 0.885. The average Bonchev–Trinajstić information content (AvgIpc) is 3.44. The molecule has 0 radical (unpaired) electrons. The molecule has 0 saturated heterocycles. The Balaban J connectivity index is 1.62. The van der Waals surface area contributed by atoms with Crippen LogP contribution in [0.4, 0.5) is 0 Å². The molecule has 0 aliphatic carbocycles. The third-order valence-corrected chi connectivity index (χ3v) is 7.66. The van der Waals surface area contributed by atoms with Crippen molar-refractivity contribution >= 4 is 46.4 Å². The number of carbonyl (C=O) groups excluding carboxylic acids is 1. The summed E-state index contributed by atoms with van der Waals surface area (Å²) in [4.78, 5) is 31.3. The number of allylic oxidation sites excluding steroid dienone is 2. The molecular formula is C27H20Cl2N2O4S. The van der Waals surface area contributed by atoms with E-state index in [9.17, 15) is 9.59 Å². The number of ether oxygens (including phenoxy) is 1. The minimum atomic E-state index is -0.588. The summed E-state index contributed by atoms with van der Waals surface area (Å²) < 4.78 is 13.3. The molecule has 2 aromatic carbocycles. The second-order valence-electron chi connectivity index (χ2n) is 8.24. The number of thiazole rings is 1. The van der Waals surface area contributed by atoms with Crippen LogP contribution in [0.2, 0.25) is 10.0 Å². The Morgan fingerprint density at radius 1 is 1.11 bits per heavy atom. The fourth-order valence-corrected chi connectivity index (χ4v) is 5.56. The van der Waals surface area contributed by atoms with Gasteiger partial charge in [-0.25, -0.2) is 4.99 Å². The maximum absolute atomic E-state index is 13.6. The second kappa shape index (κ2) is 9.58. The molecule has 1 aliphatic heterocycles. The van der Waals surface area contributed by atoms with Crippen LogP contribution in [0.15, 0.2) is 80.1 Å². The normalized spacial score (nSPS) is 15.6. The molecule has 3 heterocycles. The van der Waals surface area contributed by atoms with Crippen LogP contribution in [0.25, 0.3) is 17.4 Å². The molecule has 1 aliphatic rings. The number of hydrogen-bond acceptors (Lipinski definition) is 6. The number of fused-ring (bicyclic) bond motifs is 1. The van der Waals surface area contributed by atoms with Gasteiger partial charge in [-0.2, -0.15) is 0 Å². The Kier molecular flexibility index (Phi) is 6.47. The quantitative estimate of drug-likeness (QED) is 0.341. The number of halogens is 2. The van der Waals surface area contributed by atoms with Crippen molar-refractivity contribution in [1.82, 2.24) is 4.57 Å². The number of ketones is 1. The van der Waals surface area contributed by atoms with Gasteiger partial charge in [0.25, 0.3) is 5.56 Å². The lowest BCUT2D eigenvalue weighted by Crippen LogP contribution is -2.39. The fourth-order valence-electron chi connectivity index (χ4n) is 4.24. The van der Waals surface area contributed by atoms with E-state index in [-0.39, 0.29) is 11.3 Å². The standard InChI is InChI=1S/C27H20Cl2N2O4S/c1-14-24(15(2)32)25(16-4-7-18(34-3)8-5-16)31-26(33)23(36-27(31)30-14)13-19-9-11-22(35-19)17-6-10-20(28)21(29)12-17/h4-13,25H,1-3H3/b23-13+/t25-/m1/s1. The molecule has 0 saturated carbocycles. The largest absolute Gasteiger partial charge is 0.497 e. The lowest BCUT2D eigenvalue weighted by atomic mass is 9.93. The number of furan rings is 1.